The average molecular weight is 292 g/mol. The first kappa shape index (κ1) is 15.7. The third-order valence-corrected chi connectivity index (χ3v) is 3.45. The van der Waals surface area contributed by atoms with Crippen LogP contribution >= 0.6 is 0 Å². The van der Waals surface area contributed by atoms with Crippen molar-refractivity contribution in [3.63, 3.8) is 0 Å². The number of morpholine rings is 1. The van der Waals surface area contributed by atoms with E-state index in [2.05, 4.69) is 29.1 Å². The van der Waals surface area contributed by atoms with Gasteiger partial charge in [-0.2, -0.15) is 0 Å². The van der Waals surface area contributed by atoms with Crippen molar-refractivity contribution in [1.82, 2.24) is 14.9 Å². The molecule has 0 spiro atoms. The van der Waals surface area contributed by atoms with Gasteiger partial charge in [-0.3, -0.25) is 4.79 Å². The van der Waals surface area contributed by atoms with Crippen molar-refractivity contribution in [3.8, 4) is 0 Å². The van der Waals surface area contributed by atoms with E-state index in [4.69, 9.17) is 4.74 Å². The van der Waals surface area contributed by atoms with Crippen LogP contribution in [0.25, 0.3) is 0 Å². The summed E-state index contributed by atoms with van der Waals surface area (Å²) in [5.41, 5.74) is 1.96. The summed E-state index contributed by atoms with van der Waals surface area (Å²) in [5.74, 6) is 1.12. The highest BCUT2D eigenvalue weighted by Gasteiger charge is 2.16. The molecule has 1 N–H and O–H groups in total. The van der Waals surface area contributed by atoms with Crippen LogP contribution in [0, 0.1) is 6.92 Å². The van der Waals surface area contributed by atoms with E-state index in [1.807, 2.05) is 17.9 Å². The van der Waals surface area contributed by atoms with E-state index in [1.54, 1.807) is 0 Å². The van der Waals surface area contributed by atoms with E-state index in [0.29, 0.717) is 51.1 Å². The van der Waals surface area contributed by atoms with Crippen LogP contribution in [-0.4, -0.2) is 53.6 Å². The SMILES string of the molecule is Cc1cc(C(C)C)nc(NCCC(=O)N2CCOCC2)n1. The predicted octanol–water partition coefficient (Wildman–Crippen LogP) is 1.57. The Morgan fingerprint density at radius 1 is 1.38 bits per heavy atom. The summed E-state index contributed by atoms with van der Waals surface area (Å²) in [6.45, 7) is 9.38. The first-order valence-electron chi connectivity index (χ1n) is 7.51. The summed E-state index contributed by atoms with van der Waals surface area (Å²) >= 11 is 0. The number of ether oxygens (including phenoxy) is 1. The maximum absolute atomic E-state index is 12.0. The number of amides is 1. The molecule has 0 aromatic carbocycles. The molecule has 1 aromatic heterocycles. The van der Waals surface area contributed by atoms with Gasteiger partial charge in [-0.05, 0) is 18.9 Å². The lowest BCUT2D eigenvalue weighted by Gasteiger charge is -2.26. The van der Waals surface area contributed by atoms with E-state index < -0.39 is 0 Å². The maximum atomic E-state index is 12.0. The van der Waals surface area contributed by atoms with E-state index >= 15 is 0 Å². The molecule has 1 saturated heterocycles. The fourth-order valence-corrected chi connectivity index (χ4v) is 2.22. The van der Waals surface area contributed by atoms with Crippen molar-refractivity contribution in [1.29, 1.82) is 0 Å². The van der Waals surface area contributed by atoms with Crippen molar-refractivity contribution in [2.24, 2.45) is 0 Å². The molecule has 1 fully saturated rings. The molecular formula is C15H24N4O2. The van der Waals surface area contributed by atoms with Crippen LogP contribution in [-0.2, 0) is 9.53 Å². The quantitative estimate of drug-likeness (QED) is 0.892. The minimum absolute atomic E-state index is 0.155. The Balaban J connectivity index is 1.84. The normalized spacial score (nSPS) is 15.3. The lowest BCUT2D eigenvalue weighted by Crippen LogP contribution is -2.41. The molecule has 116 valence electrons. The third-order valence-electron chi connectivity index (χ3n) is 3.45. The highest BCUT2D eigenvalue weighted by molar-refractivity contribution is 5.76. The van der Waals surface area contributed by atoms with Crippen LogP contribution < -0.4 is 5.32 Å². The largest absolute Gasteiger partial charge is 0.378 e. The number of aryl methyl sites for hydroxylation is 1. The van der Waals surface area contributed by atoms with Crippen LogP contribution in [0.3, 0.4) is 0 Å². The van der Waals surface area contributed by atoms with Gasteiger partial charge in [-0.15, -0.1) is 0 Å². The fraction of sp³-hybridized carbons (Fsp3) is 0.667. The second-order valence-electron chi connectivity index (χ2n) is 5.58. The van der Waals surface area contributed by atoms with Gasteiger partial charge in [0.2, 0.25) is 11.9 Å². The molecular weight excluding hydrogens is 268 g/mol. The summed E-state index contributed by atoms with van der Waals surface area (Å²) < 4.78 is 5.24. The summed E-state index contributed by atoms with van der Waals surface area (Å²) in [6, 6.07) is 1.99. The van der Waals surface area contributed by atoms with Gasteiger partial charge in [0.1, 0.15) is 0 Å². The predicted molar refractivity (Wildman–Crippen MR) is 81.4 cm³/mol. The molecule has 21 heavy (non-hydrogen) atoms. The minimum Gasteiger partial charge on any atom is -0.378 e. The Morgan fingerprint density at radius 2 is 2.10 bits per heavy atom. The minimum atomic E-state index is 0.155. The Morgan fingerprint density at radius 3 is 2.76 bits per heavy atom. The van der Waals surface area contributed by atoms with Crippen molar-refractivity contribution >= 4 is 11.9 Å². The topological polar surface area (TPSA) is 67.4 Å². The zero-order chi connectivity index (χ0) is 15.2. The van der Waals surface area contributed by atoms with Gasteiger partial charge in [-0.1, -0.05) is 13.8 Å². The monoisotopic (exact) mass is 292 g/mol. The highest BCUT2D eigenvalue weighted by atomic mass is 16.5. The Labute approximate surface area is 125 Å². The van der Waals surface area contributed by atoms with Gasteiger partial charge >= 0.3 is 0 Å². The van der Waals surface area contributed by atoms with E-state index in [-0.39, 0.29) is 5.91 Å². The van der Waals surface area contributed by atoms with Crippen molar-refractivity contribution < 1.29 is 9.53 Å². The summed E-state index contributed by atoms with van der Waals surface area (Å²) in [6.07, 6.45) is 0.453. The van der Waals surface area contributed by atoms with Gasteiger partial charge < -0.3 is 15.0 Å². The number of aromatic nitrogens is 2. The Hall–Kier alpha value is -1.69. The van der Waals surface area contributed by atoms with Gasteiger partial charge in [0.15, 0.2) is 0 Å². The molecule has 0 atom stereocenters. The van der Waals surface area contributed by atoms with Crippen LogP contribution in [0.5, 0.6) is 0 Å². The third kappa shape index (κ3) is 4.67. The number of carbonyl (C=O) groups is 1. The van der Waals surface area contributed by atoms with Gasteiger partial charge in [-0.25, -0.2) is 9.97 Å². The van der Waals surface area contributed by atoms with E-state index in [1.165, 1.54) is 0 Å². The molecule has 0 unspecified atom stereocenters. The van der Waals surface area contributed by atoms with Crippen LogP contribution in [0.15, 0.2) is 6.07 Å². The number of hydrogen-bond donors (Lipinski definition) is 1. The zero-order valence-electron chi connectivity index (χ0n) is 13.1. The molecule has 6 heteroatoms. The number of rotatable bonds is 5. The molecule has 6 nitrogen and oxygen atoms in total. The lowest BCUT2D eigenvalue weighted by atomic mass is 10.1. The average Bonchev–Trinajstić information content (AvgIpc) is 2.47. The molecule has 0 bridgehead atoms. The summed E-state index contributed by atoms with van der Waals surface area (Å²) in [5, 5.41) is 3.15. The molecule has 0 saturated carbocycles. The number of anilines is 1. The summed E-state index contributed by atoms with van der Waals surface area (Å²) in [4.78, 5) is 22.7. The molecule has 2 heterocycles. The highest BCUT2D eigenvalue weighted by Crippen LogP contribution is 2.14. The number of nitrogens with zero attached hydrogens (tertiary/aromatic N) is 3. The van der Waals surface area contributed by atoms with E-state index in [0.717, 1.165) is 11.4 Å². The van der Waals surface area contributed by atoms with Gasteiger partial charge in [0.05, 0.1) is 13.2 Å². The smallest absolute Gasteiger partial charge is 0.224 e. The number of hydrogen-bond acceptors (Lipinski definition) is 5. The zero-order valence-corrected chi connectivity index (χ0v) is 13.1. The van der Waals surface area contributed by atoms with Crippen molar-refractivity contribution in [2.45, 2.75) is 33.1 Å². The van der Waals surface area contributed by atoms with Gasteiger partial charge in [0.25, 0.3) is 0 Å². The molecule has 1 aliphatic rings. The molecule has 1 aliphatic heterocycles. The number of carbonyl (C=O) groups excluding carboxylic acids is 1. The molecule has 2 rings (SSSR count). The van der Waals surface area contributed by atoms with Crippen LogP contribution in [0.2, 0.25) is 0 Å². The molecule has 1 aromatic rings. The second-order valence-corrected chi connectivity index (χ2v) is 5.58. The van der Waals surface area contributed by atoms with E-state index in [9.17, 15) is 4.79 Å². The first-order valence-corrected chi connectivity index (χ1v) is 7.51. The molecule has 0 radical (unpaired) electrons. The Bertz CT molecular complexity index is 485. The van der Waals surface area contributed by atoms with Crippen LogP contribution in [0.1, 0.15) is 37.6 Å². The number of nitrogens with one attached hydrogen (secondary N) is 1. The van der Waals surface area contributed by atoms with Gasteiger partial charge in [0, 0.05) is 37.4 Å². The maximum Gasteiger partial charge on any atom is 0.224 e. The molecule has 0 aliphatic carbocycles. The first-order chi connectivity index (χ1) is 10.1. The van der Waals surface area contributed by atoms with Crippen molar-refractivity contribution in [2.75, 3.05) is 38.2 Å². The fourth-order valence-electron chi connectivity index (χ4n) is 2.22. The Kier molecular flexibility index (Phi) is 5.50. The van der Waals surface area contributed by atoms with Crippen LogP contribution in [0.4, 0.5) is 5.95 Å². The standard InChI is InChI=1S/C15H24N4O2/c1-11(2)13-10-12(3)17-15(18-13)16-5-4-14(20)19-6-8-21-9-7-19/h10-11H,4-9H2,1-3H3,(H,16,17,18). The van der Waals surface area contributed by atoms with Crippen molar-refractivity contribution in [3.05, 3.63) is 17.5 Å². The summed E-state index contributed by atoms with van der Waals surface area (Å²) in [7, 11) is 0. The lowest BCUT2D eigenvalue weighted by molar-refractivity contribution is -0.134. The molecule has 1 amide bonds. The second kappa shape index (κ2) is 7.36.